The zero-order chi connectivity index (χ0) is 13.1. The van der Waals surface area contributed by atoms with Crippen LogP contribution in [0.1, 0.15) is 36.5 Å². The predicted molar refractivity (Wildman–Crippen MR) is 71.4 cm³/mol. The molecule has 0 bridgehead atoms. The maximum atomic E-state index is 13.6. The summed E-state index contributed by atoms with van der Waals surface area (Å²) in [6.45, 7) is 3.95. The van der Waals surface area contributed by atoms with E-state index in [4.69, 9.17) is 0 Å². The lowest BCUT2D eigenvalue weighted by atomic mass is 9.97. The van der Waals surface area contributed by atoms with Crippen molar-refractivity contribution in [1.29, 1.82) is 0 Å². The number of rotatable bonds is 3. The summed E-state index contributed by atoms with van der Waals surface area (Å²) >= 11 is 0. The highest BCUT2D eigenvalue weighted by molar-refractivity contribution is 5.38. The second-order valence-corrected chi connectivity index (χ2v) is 4.82. The topological polar surface area (TPSA) is 20.2 Å². The Kier molecular flexibility index (Phi) is 3.66. The van der Waals surface area contributed by atoms with E-state index in [1.54, 1.807) is 18.2 Å². The van der Waals surface area contributed by atoms with E-state index in [1.165, 1.54) is 6.07 Å². The quantitative estimate of drug-likeness (QED) is 0.856. The molecule has 0 atom stereocenters. The van der Waals surface area contributed by atoms with Crippen LogP contribution in [0.2, 0.25) is 0 Å². The summed E-state index contributed by atoms with van der Waals surface area (Å²) in [5, 5.41) is 9.73. The van der Waals surface area contributed by atoms with Crippen LogP contribution in [-0.4, -0.2) is 5.11 Å². The van der Waals surface area contributed by atoms with Crippen LogP contribution >= 0.6 is 0 Å². The number of phenols is 1. The Labute approximate surface area is 107 Å². The van der Waals surface area contributed by atoms with E-state index >= 15 is 0 Å². The standard InChI is InChI=1S/C16H17FO/c1-11(2)14-10-12(7-8-15(14)17)9-13-5-3-4-6-16(13)18/h3-8,10-11,18H,9H2,1-2H3. The van der Waals surface area contributed by atoms with Gasteiger partial charge in [-0.1, -0.05) is 44.2 Å². The van der Waals surface area contributed by atoms with Crippen LogP contribution in [-0.2, 0) is 6.42 Å². The van der Waals surface area contributed by atoms with E-state index in [1.807, 2.05) is 32.0 Å². The van der Waals surface area contributed by atoms with Crippen molar-refractivity contribution in [2.45, 2.75) is 26.2 Å². The summed E-state index contributed by atoms with van der Waals surface area (Å²) in [6.07, 6.45) is 0.618. The van der Waals surface area contributed by atoms with Crippen LogP contribution in [0.3, 0.4) is 0 Å². The minimum Gasteiger partial charge on any atom is -0.508 e. The molecule has 2 rings (SSSR count). The fourth-order valence-corrected chi connectivity index (χ4v) is 2.03. The molecular formula is C16H17FO. The molecule has 0 spiro atoms. The number of benzene rings is 2. The maximum Gasteiger partial charge on any atom is 0.126 e. The first-order valence-electron chi connectivity index (χ1n) is 6.13. The van der Waals surface area contributed by atoms with E-state index in [-0.39, 0.29) is 17.5 Å². The first-order chi connectivity index (χ1) is 8.58. The maximum absolute atomic E-state index is 13.6. The van der Waals surface area contributed by atoms with Gasteiger partial charge < -0.3 is 5.11 Å². The Morgan fingerprint density at radius 2 is 1.83 bits per heavy atom. The summed E-state index contributed by atoms with van der Waals surface area (Å²) < 4.78 is 13.6. The zero-order valence-electron chi connectivity index (χ0n) is 10.7. The van der Waals surface area contributed by atoms with Crippen molar-refractivity contribution in [3.8, 4) is 5.75 Å². The second kappa shape index (κ2) is 5.21. The summed E-state index contributed by atoms with van der Waals surface area (Å²) in [7, 11) is 0. The Morgan fingerprint density at radius 1 is 1.11 bits per heavy atom. The van der Waals surface area contributed by atoms with Crippen molar-refractivity contribution in [2.24, 2.45) is 0 Å². The van der Waals surface area contributed by atoms with Gasteiger partial charge in [-0.25, -0.2) is 4.39 Å². The lowest BCUT2D eigenvalue weighted by Gasteiger charge is -2.10. The first-order valence-corrected chi connectivity index (χ1v) is 6.13. The number of aromatic hydroxyl groups is 1. The number of para-hydroxylation sites is 1. The largest absolute Gasteiger partial charge is 0.508 e. The average Bonchev–Trinajstić information content (AvgIpc) is 2.34. The molecule has 0 saturated heterocycles. The molecule has 0 aliphatic heterocycles. The molecule has 2 aromatic rings. The van der Waals surface area contributed by atoms with Gasteiger partial charge >= 0.3 is 0 Å². The van der Waals surface area contributed by atoms with Gasteiger partial charge in [0, 0.05) is 6.42 Å². The molecule has 2 heteroatoms. The van der Waals surface area contributed by atoms with Crippen molar-refractivity contribution >= 4 is 0 Å². The normalized spacial score (nSPS) is 10.9. The molecule has 0 fully saturated rings. The smallest absolute Gasteiger partial charge is 0.126 e. The minimum absolute atomic E-state index is 0.161. The predicted octanol–water partition coefficient (Wildman–Crippen LogP) is 4.25. The molecular weight excluding hydrogens is 227 g/mol. The number of hydrogen-bond donors (Lipinski definition) is 1. The lowest BCUT2D eigenvalue weighted by Crippen LogP contribution is -1.96. The molecule has 0 aromatic heterocycles. The van der Waals surface area contributed by atoms with E-state index in [0.29, 0.717) is 6.42 Å². The van der Waals surface area contributed by atoms with Crippen molar-refractivity contribution in [1.82, 2.24) is 0 Å². The van der Waals surface area contributed by atoms with Gasteiger partial charge in [0.2, 0.25) is 0 Å². The highest BCUT2D eigenvalue weighted by Gasteiger charge is 2.08. The molecule has 0 aliphatic rings. The summed E-state index contributed by atoms with van der Waals surface area (Å²) in [6, 6.07) is 12.4. The van der Waals surface area contributed by atoms with Gasteiger partial charge in [-0.3, -0.25) is 0 Å². The third-order valence-electron chi connectivity index (χ3n) is 3.07. The summed E-state index contributed by atoms with van der Waals surface area (Å²) in [4.78, 5) is 0. The van der Waals surface area contributed by atoms with Gasteiger partial charge in [0.05, 0.1) is 0 Å². The Bertz CT molecular complexity index is 547. The third kappa shape index (κ3) is 2.70. The first kappa shape index (κ1) is 12.6. The number of hydrogen-bond acceptors (Lipinski definition) is 1. The molecule has 18 heavy (non-hydrogen) atoms. The van der Waals surface area contributed by atoms with Crippen LogP contribution in [0.25, 0.3) is 0 Å². The van der Waals surface area contributed by atoms with Gasteiger partial charge in [-0.05, 0) is 34.7 Å². The highest BCUT2D eigenvalue weighted by Crippen LogP contribution is 2.24. The van der Waals surface area contributed by atoms with E-state index in [9.17, 15) is 9.50 Å². The highest BCUT2D eigenvalue weighted by atomic mass is 19.1. The van der Waals surface area contributed by atoms with Crippen molar-refractivity contribution in [2.75, 3.05) is 0 Å². The molecule has 1 N–H and O–H groups in total. The monoisotopic (exact) mass is 244 g/mol. The van der Waals surface area contributed by atoms with Crippen molar-refractivity contribution < 1.29 is 9.50 Å². The molecule has 0 saturated carbocycles. The fourth-order valence-electron chi connectivity index (χ4n) is 2.03. The molecule has 0 unspecified atom stereocenters. The van der Waals surface area contributed by atoms with E-state index in [0.717, 1.165) is 16.7 Å². The minimum atomic E-state index is -0.161. The van der Waals surface area contributed by atoms with Gasteiger partial charge in [0.1, 0.15) is 11.6 Å². The van der Waals surface area contributed by atoms with Crippen LogP contribution in [0.15, 0.2) is 42.5 Å². The van der Waals surface area contributed by atoms with Crippen molar-refractivity contribution in [3.63, 3.8) is 0 Å². The zero-order valence-corrected chi connectivity index (χ0v) is 10.7. The Morgan fingerprint density at radius 3 is 2.50 bits per heavy atom. The van der Waals surface area contributed by atoms with Gasteiger partial charge in [-0.2, -0.15) is 0 Å². The third-order valence-corrected chi connectivity index (χ3v) is 3.07. The molecule has 94 valence electrons. The van der Waals surface area contributed by atoms with E-state index in [2.05, 4.69) is 0 Å². The molecule has 1 nitrogen and oxygen atoms in total. The van der Waals surface area contributed by atoms with Gasteiger partial charge in [0.15, 0.2) is 0 Å². The summed E-state index contributed by atoms with van der Waals surface area (Å²) in [5.41, 5.74) is 2.60. The lowest BCUT2D eigenvalue weighted by molar-refractivity contribution is 0.469. The van der Waals surface area contributed by atoms with Crippen LogP contribution in [0, 0.1) is 5.82 Å². The molecule has 0 amide bonds. The van der Waals surface area contributed by atoms with Crippen LogP contribution < -0.4 is 0 Å². The second-order valence-electron chi connectivity index (χ2n) is 4.82. The number of halogens is 1. The molecule has 0 heterocycles. The molecule has 0 aliphatic carbocycles. The molecule has 2 aromatic carbocycles. The van der Waals surface area contributed by atoms with Gasteiger partial charge in [0.25, 0.3) is 0 Å². The Hall–Kier alpha value is -1.83. The van der Waals surface area contributed by atoms with Crippen LogP contribution in [0.5, 0.6) is 5.75 Å². The summed E-state index contributed by atoms with van der Waals surface area (Å²) in [5.74, 6) is 0.285. The molecule has 0 radical (unpaired) electrons. The van der Waals surface area contributed by atoms with Gasteiger partial charge in [-0.15, -0.1) is 0 Å². The average molecular weight is 244 g/mol. The fraction of sp³-hybridized carbons (Fsp3) is 0.250. The SMILES string of the molecule is CC(C)c1cc(Cc2ccccc2O)ccc1F. The number of phenolic OH excluding ortho intramolecular Hbond substituents is 1. The van der Waals surface area contributed by atoms with Crippen molar-refractivity contribution in [3.05, 3.63) is 65.0 Å². The van der Waals surface area contributed by atoms with E-state index < -0.39 is 0 Å². The van der Waals surface area contributed by atoms with Crippen LogP contribution in [0.4, 0.5) is 4.39 Å². The Balaban J connectivity index is 2.30.